The van der Waals surface area contributed by atoms with E-state index < -0.39 is 28.9 Å². The molecular formula is C18H16ClF3N2O2. The Hall–Kier alpha value is -2.54. The van der Waals surface area contributed by atoms with Gasteiger partial charge in [-0.2, -0.15) is 0 Å². The number of hydrogen-bond donors (Lipinski definition) is 1. The maximum Gasteiger partial charge on any atom is 0.254 e. The van der Waals surface area contributed by atoms with Crippen LogP contribution in [-0.2, 0) is 11.3 Å². The molecule has 26 heavy (non-hydrogen) atoms. The van der Waals surface area contributed by atoms with E-state index in [1.54, 1.807) is 24.3 Å². The van der Waals surface area contributed by atoms with Crippen LogP contribution in [0.3, 0.4) is 0 Å². The molecule has 4 nitrogen and oxygen atoms in total. The minimum absolute atomic E-state index is 0.00129. The minimum atomic E-state index is -1.71. The molecule has 1 N–H and O–H groups in total. The van der Waals surface area contributed by atoms with Crippen molar-refractivity contribution in [2.24, 2.45) is 0 Å². The van der Waals surface area contributed by atoms with Crippen LogP contribution in [0.2, 0.25) is 5.02 Å². The van der Waals surface area contributed by atoms with Gasteiger partial charge in [-0.1, -0.05) is 29.8 Å². The first-order chi connectivity index (χ1) is 12.3. The van der Waals surface area contributed by atoms with Crippen LogP contribution in [0.4, 0.5) is 13.2 Å². The number of hydrogen-bond acceptors (Lipinski definition) is 2. The first-order valence-electron chi connectivity index (χ1n) is 7.72. The molecule has 0 spiro atoms. The number of amides is 2. The fourth-order valence-corrected chi connectivity index (χ4v) is 2.48. The van der Waals surface area contributed by atoms with E-state index in [0.717, 1.165) is 11.6 Å². The van der Waals surface area contributed by atoms with E-state index in [2.05, 4.69) is 5.32 Å². The number of nitrogens with zero attached hydrogens (tertiary/aromatic N) is 1. The lowest BCUT2D eigenvalue weighted by molar-refractivity contribution is -0.129. The van der Waals surface area contributed by atoms with Gasteiger partial charge < -0.3 is 10.2 Å². The van der Waals surface area contributed by atoms with E-state index in [1.807, 2.05) is 0 Å². The van der Waals surface area contributed by atoms with Crippen LogP contribution < -0.4 is 5.32 Å². The number of nitrogens with one attached hydrogen (secondary N) is 1. The third-order valence-corrected chi connectivity index (χ3v) is 4.08. The fraction of sp³-hybridized carbons (Fsp3) is 0.222. The second-order valence-corrected chi connectivity index (χ2v) is 5.92. The predicted molar refractivity (Wildman–Crippen MR) is 91.2 cm³/mol. The molecule has 2 amide bonds. The molecule has 8 heteroatoms. The van der Waals surface area contributed by atoms with Gasteiger partial charge in [-0.05, 0) is 23.8 Å². The van der Waals surface area contributed by atoms with Crippen molar-refractivity contribution in [2.45, 2.75) is 13.5 Å². The maximum atomic E-state index is 13.6. The lowest BCUT2D eigenvalue weighted by atomic mass is 10.2. The van der Waals surface area contributed by atoms with Crippen molar-refractivity contribution in [2.75, 3.05) is 13.1 Å². The Morgan fingerprint density at radius 1 is 1.08 bits per heavy atom. The van der Waals surface area contributed by atoms with Crippen molar-refractivity contribution in [3.63, 3.8) is 0 Å². The SMILES string of the molecule is CC(=O)N(CCNC(=O)c1ccc(F)c(F)c1F)Cc1ccccc1Cl. The summed E-state index contributed by atoms with van der Waals surface area (Å²) in [6, 6.07) is 8.55. The molecule has 0 radical (unpaired) electrons. The van der Waals surface area contributed by atoms with Gasteiger partial charge in [0, 0.05) is 31.6 Å². The van der Waals surface area contributed by atoms with Crippen LogP contribution in [-0.4, -0.2) is 29.8 Å². The molecule has 0 aromatic heterocycles. The van der Waals surface area contributed by atoms with Gasteiger partial charge >= 0.3 is 0 Å². The number of carbonyl (C=O) groups is 2. The summed E-state index contributed by atoms with van der Waals surface area (Å²) in [6.45, 7) is 1.75. The Kier molecular flexibility index (Phi) is 6.63. The summed E-state index contributed by atoms with van der Waals surface area (Å²) in [6.07, 6.45) is 0. The van der Waals surface area contributed by atoms with Gasteiger partial charge in [0.15, 0.2) is 17.5 Å². The quantitative estimate of drug-likeness (QED) is 0.774. The largest absolute Gasteiger partial charge is 0.350 e. The zero-order valence-corrected chi connectivity index (χ0v) is 14.6. The van der Waals surface area contributed by atoms with Gasteiger partial charge in [0.25, 0.3) is 5.91 Å². The normalized spacial score (nSPS) is 10.5. The van der Waals surface area contributed by atoms with Gasteiger partial charge in [-0.25, -0.2) is 13.2 Å². The first-order valence-corrected chi connectivity index (χ1v) is 8.09. The molecule has 0 heterocycles. The molecular weight excluding hydrogens is 369 g/mol. The monoisotopic (exact) mass is 384 g/mol. The highest BCUT2D eigenvalue weighted by Crippen LogP contribution is 2.17. The Bertz CT molecular complexity index is 830. The minimum Gasteiger partial charge on any atom is -0.350 e. The third-order valence-electron chi connectivity index (χ3n) is 3.71. The molecule has 0 bridgehead atoms. The molecule has 0 aliphatic rings. The van der Waals surface area contributed by atoms with Gasteiger partial charge in [-0.3, -0.25) is 9.59 Å². The van der Waals surface area contributed by atoms with Crippen molar-refractivity contribution in [3.05, 3.63) is 70.0 Å². The molecule has 0 saturated heterocycles. The van der Waals surface area contributed by atoms with Gasteiger partial charge in [0.2, 0.25) is 5.91 Å². The highest BCUT2D eigenvalue weighted by atomic mass is 35.5. The molecule has 0 fully saturated rings. The number of benzene rings is 2. The lowest BCUT2D eigenvalue weighted by Crippen LogP contribution is -2.37. The Morgan fingerprint density at radius 2 is 1.77 bits per heavy atom. The van der Waals surface area contributed by atoms with Gasteiger partial charge in [0.05, 0.1) is 5.56 Å². The third kappa shape index (κ3) is 4.76. The molecule has 2 aromatic rings. The smallest absolute Gasteiger partial charge is 0.254 e. The highest BCUT2D eigenvalue weighted by Gasteiger charge is 2.19. The Balaban J connectivity index is 1.98. The zero-order valence-electron chi connectivity index (χ0n) is 13.9. The average molecular weight is 385 g/mol. The van der Waals surface area contributed by atoms with Crippen LogP contribution in [0.1, 0.15) is 22.8 Å². The van der Waals surface area contributed by atoms with E-state index in [4.69, 9.17) is 11.6 Å². The van der Waals surface area contributed by atoms with Crippen LogP contribution in [0.5, 0.6) is 0 Å². The van der Waals surface area contributed by atoms with Crippen molar-refractivity contribution < 1.29 is 22.8 Å². The molecule has 138 valence electrons. The Morgan fingerprint density at radius 3 is 2.42 bits per heavy atom. The van der Waals surface area contributed by atoms with Crippen molar-refractivity contribution in [3.8, 4) is 0 Å². The standard InChI is InChI=1S/C18H16ClF3N2O2/c1-11(25)24(10-12-4-2-3-5-14(12)19)9-8-23-18(26)13-6-7-15(20)17(22)16(13)21/h2-7H,8-10H2,1H3,(H,23,26). The maximum absolute atomic E-state index is 13.6. The van der Waals surface area contributed by atoms with E-state index in [1.165, 1.54) is 11.8 Å². The van der Waals surface area contributed by atoms with E-state index in [-0.39, 0.29) is 25.5 Å². The summed E-state index contributed by atoms with van der Waals surface area (Å²) in [4.78, 5) is 25.1. The molecule has 2 rings (SSSR count). The van der Waals surface area contributed by atoms with E-state index in [0.29, 0.717) is 11.1 Å². The number of rotatable bonds is 6. The summed E-state index contributed by atoms with van der Waals surface area (Å²) < 4.78 is 39.7. The van der Waals surface area contributed by atoms with Crippen molar-refractivity contribution in [1.82, 2.24) is 10.2 Å². The topological polar surface area (TPSA) is 49.4 Å². The molecule has 0 aliphatic heterocycles. The highest BCUT2D eigenvalue weighted by molar-refractivity contribution is 6.31. The number of halogens is 4. The van der Waals surface area contributed by atoms with Crippen molar-refractivity contribution >= 4 is 23.4 Å². The predicted octanol–water partition coefficient (Wildman–Crippen LogP) is 3.54. The summed E-state index contributed by atoms with van der Waals surface area (Å²) in [7, 11) is 0. The fourth-order valence-electron chi connectivity index (χ4n) is 2.28. The zero-order chi connectivity index (χ0) is 19.3. The summed E-state index contributed by atoms with van der Waals surface area (Å²) in [5, 5.41) is 2.88. The number of carbonyl (C=O) groups excluding carboxylic acids is 2. The molecule has 0 saturated carbocycles. The molecule has 0 aliphatic carbocycles. The van der Waals surface area contributed by atoms with Crippen molar-refractivity contribution in [1.29, 1.82) is 0 Å². The lowest BCUT2D eigenvalue weighted by Gasteiger charge is -2.22. The summed E-state index contributed by atoms with van der Waals surface area (Å²) >= 11 is 6.07. The van der Waals surface area contributed by atoms with E-state index >= 15 is 0 Å². The van der Waals surface area contributed by atoms with Crippen LogP contribution in [0, 0.1) is 17.5 Å². The second-order valence-electron chi connectivity index (χ2n) is 5.51. The molecule has 0 atom stereocenters. The molecule has 2 aromatic carbocycles. The molecule has 0 unspecified atom stereocenters. The van der Waals surface area contributed by atoms with E-state index in [9.17, 15) is 22.8 Å². The summed E-state index contributed by atoms with van der Waals surface area (Å²) in [5.74, 6) is -5.77. The average Bonchev–Trinajstić information content (AvgIpc) is 2.60. The Labute approximate surface area is 153 Å². The van der Waals surface area contributed by atoms with Crippen LogP contribution >= 0.6 is 11.6 Å². The van der Waals surface area contributed by atoms with Crippen LogP contribution in [0.15, 0.2) is 36.4 Å². The van der Waals surface area contributed by atoms with Gasteiger partial charge in [-0.15, -0.1) is 0 Å². The second kappa shape index (κ2) is 8.71. The van der Waals surface area contributed by atoms with Crippen LogP contribution in [0.25, 0.3) is 0 Å². The van der Waals surface area contributed by atoms with Gasteiger partial charge in [0.1, 0.15) is 0 Å². The first kappa shape index (κ1) is 19.8. The summed E-state index contributed by atoms with van der Waals surface area (Å²) in [5.41, 5.74) is 0.131.